The molecule has 0 spiro atoms. The Morgan fingerprint density at radius 3 is 2.50 bits per heavy atom. The van der Waals surface area contributed by atoms with Gasteiger partial charge in [-0.3, -0.25) is 9.59 Å². The molecule has 0 fully saturated rings. The third kappa shape index (κ3) is 1.71. The maximum Gasteiger partial charge on any atom is 0.161 e. The molecule has 0 bridgehead atoms. The smallest absolute Gasteiger partial charge is 0.161 e. The van der Waals surface area contributed by atoms with Crippen molar-refractivity contribution >= 4 is 17.6 Å². The summed E-state index contributed by atoms with van der Waals surface area (Å²) in [7, 11) is 0. The zero-order chi connectivity index (χ0) is 11.7. The average Bonchev–Trinajstić information content (AvgIpc) is 2.27. The van der Waals surface area contributed by atoms with Gasteiger partial charge in [0.15, 0.2) is 11.6 Å². The van der Waals surface area contributed by atoms with Crippen molar-refractivity contribution in [3.63, 3.8) is 0 Å². The van der Waals surface area contributed by atoms with Gasteiger partial charge in [0.2, 0.25) is 0 Å². The summed E-state index contributed by atoms with van der Waals surface area (Å²) < 4.78 is 0. The molecule has 2 heteroatoms. The van der Waals surface area contributed by atoms with E-state index in [2.05, 4.69) is 6.08 Å². The van der Waals surface area contributed by atoms with Crippen LogP contribution in [0.1, 0.15) is 52.1 Å². The molecule has 0 atom stereocenters. The van der Waals surface area contributed by atoms with E-state index in [4.69, 9.17) is 0 Å². The summed E-state index contributed by atoms with van der Waals surface area (Å²) in [4.78, 5) is 23.1. The van der Waals surface area contributed by atoms with Crippen molar-refractivity contribution in [3.8, 4) is 0 Å². The predicted molar refractivity (Wildman–Crippen MR) is 63.8 cm³/mol. The topological polar surface area (TPSA) is 34.1 Å². The fraction of sp³-hybridized carbons (Fsp3) is 0.286. The molecule has 0 N–H and O–H groups in total. The highest BCUT2D eigenvalue weighted by atomic mass is 16.1. The van der Waals surface area contributed by atoms with Crippen LogP contribution in [0.2, 0.25) is 0 Å². The number of fused-ring (bicyclic) bond motifs is 1. The van der Waals surface area contributed by atoms with Crippen molar-refractivity contribution in [2.45, 2.75) is 26.7 Å². The van der Waals surface area contributed by atoms with Gasteiger partial charge in [-0.15, -0.1) is 0 Å². The second-order valence-corrected chi connectivity index (χ2v) is 4.11. The molecular weight excluding hydrogens is 200 g/mol. The summed E-state index contributed by atoms with van der Waals surface area (Å²) in [6.07, 6.45) is 5.97. The quantitative estimate of drug-likeness (QED) is 0.709. The largest absolute Gasteiger partial charge is 0.294 e. The minimum absolute atomic E-state index is 0.0337. The van der Waals surface area contributed by atoms with Crippen molar-refractivity contribution < 1.29 is 9.59 Å². The lowest BCUT2D eigenvalue weighted by molar-refractivity contribution is 0.0980. The molecule has 0 heterocycles. The Kier molecular flexibility index (Phi) is 2.73. The predicted octanol–water partition coefficient (Wildman–Crippen LogP) is 3.05. The van der Waals surface area contributed by atoms with Crippen LogP contribution >= 0.6 is 0 Å². The number of benzene rings is 1. The number of aryl methyl sites for hydroxylation is 1. The summed E-state index contributed by atoms with van der Waals surface area (Å²) in [5.74, 6) is -0.0828. The van der Waals surface area contributed by atoms with Crippen LogP contribution in [0.4, 0.5) is 0 Å². The highest BCUT2D eigenvalue weighted by molar-refractivity contribution is 6.09. The third-order valence-corrected chi connectivity index (χ3v) is 2.93. The van der Waals surface area contributed by atoms with Crippen molar-refractivity contribution in [3.05, 3.63) is 40.5 Å². The maximum atomic E-state index is 11.7. The molecule has 82 valence electrons. The fourth-order valence-corrected chi connectivity index (χ4v) is 2.18. The fourth-order valence-electron chi connectivity index (χ4n) is 2.18. The molecule has 0 aliphatic heterocycles. The molecular formula is C14H14O2. The molecule has 0 amide bonds. The Bertz CT molecular complexity index is 496. The standard InChI is InChI=1S/C14H14O2/c1-9(15)12-8-7-11-5-3-4-6-13(11)14(12)10(2)16/h4,6-8H,3,5H2,1-2H3. The minimum atomic E-state index is -0.0491. The number of carbonyl (C=O) groups is 2. The Labute approximate surface area is 95.0 Å². The highest BCUT2D eigenvalue weighted by Gasteiger charge is 2.18. The molecule has 1 aliphatic carbocycles. The zero-order valence-corrected chi connectivity index (χ0v) is 9.54. The molecule has 0 unspecified atom stereocenters. The molecule has 0 saturated heterocycles. The van der Waals surface area contributed by atoms with Crippen LogP contribution in [0.3, 0.4) is 0 Å². The van der Waals surface area contributed by atoms with Gasteiger partial charge in [-0.05, 0) is 37.8 Å². The van der Waals surface area contributed by atoms with Gasteiger partial charge in [-0.2, -0.15) is 0 Å². The Morgan fingerprint density at radius 2 is 1.88 bits per heavy atom. The van der Waals surface area contributed by atoms with Gasteiger partial charge in [-0.25, -0.2) is 0 Å². The van der Waals surface area contributed by atoms with E-state index in [1.165, 1.54) is 13.8 Å². The van der Waals surface area contributed by atoms with Crippen LogP contribution in [-0.2, 0) is 6.42 Å². The zero-order valence-electron chi connectivity index (χ0n) is 9.54. The van der Waals surface area contributed by atoms with E-state index in [9.17, 15) is 9.59 Å². The van der Waals surface area contributed by atoms with Crippen molar-refractivity contribution in [2.24, 2.45) is 0 Å². The molecule has 16 heavy (non-hydrogen) atoms. The normalized spacial score (nSPS) is 13.4. The highest BCUT2D eigenvalue weighted by Crippen LogP contribution is 2.26. The molecule has 1 aromatic carbocycles. The number of carbonyl (C=O) groups excluding carboxylic acids is 2. The number of Topliss-reactive ketones (excluding diaryl/α,β-unsaturated/α-hetero) is 2. The number of allylic oxidation sites excluding steroid dienone is 1. The van der Waals surface area contributed by atoms with Gasteiger partial charge in [0.05, 0.1) is 0 Å². The van der Waals surface area contributed by atoms with E-state index in [0.29, 0.717) is 11.1 Å². The van der Waals surface area contributed by atoms with Crippen LogP contribution in [0.15, 0.2) is 18.2 Å². The SMILES string of the molecule is CC(=O)c1ccc2c(c1C(C)=O)C=CCC2. The first-order chi connectivity index (χ1) is 7.61. The van der Waals surface area contributed by atoms with Crippen molar-refractivity contribution in [1.82, 2.24) is 0 Å². The van der Waals surface area contributed by atoms with Crippen molar-refractivity contribution in [1.29, 1.82) is 0 Å². The number of hydrogen-bond donors (Lipinski definition) is 0. The molecule has 2 nitrogen and oxygen atoms in total. The average molecular weight is 214 g/mol. The molecule has 1 aromatic rings. The first kappa shape index (κ1) is 10.8. The van der Waals surface area contributed by atoms with Crippen LogP contribution < -0.4 is 0 Å². The van der Waals surface area contributed by atoms with Gasteiger partial charge < -0.3 is 0 Å². The lowest BCUT2D eigenvalue weighted by Gasteiger charge is -2.16. The van der Waals surface area contributed by atoms with Gasteiger partial charge in [-0.1, -0.05) is 24.3 Å². The molecule has 0 saturated carbocycles. The number of rotatable bonds is 2. The Balaban J connectivity index is 2.73. The summed E-state index contributed by atoms with van der Waals surface area (Å²) in [6.45, 7) is 3.02. The van der Waals surface area contributed by atoms with E-state index in [1.807, 2.05) is 12.1 Å². The molecule has 0 radical (unpaired) electrons. The van der Waals surface area contributed by atoms with E-state index in [0.717, 1.165) is 24.0 Å². The van der Waals surface area contributed by atoms with Crippen LogP contribution in [-0.4, -0.2) is 11.6 Å². The van der Waals surface area contributed by atoms with E-state index >= 15 is 0 Å². The van der Waals surface area contributed by atoms with E-state index in [1.54, 1.807) is 6.07 Å². The van der Waals surface area contributed by atoms with Gasteiger partial charge in [0.1, 0.15) is 0 Å². The number of hydrogen-bond acceptors (Lipinski definition) is 2. The maximum absolute atomic E-state index is 11.7. The lowest BCUT2D eigenvalue weighted by atomic mass is 9.87. The number of ketones is 2. The second kappa shape index (κ2) is 4.05. The van der Waals surface area contributed by atoms with Gasteiger partial charge >= 0.3 is 0 Å². The van der Waals surface area contributed by atoms with E-state index < -0.39 is 0 Å². The first-order valence-corrected chi connectivity index (χ1v) is 5.45. The molecule has 0 aromatic heterocycles. The summed E-state index contributed by atoms with van der Waals surface area (Å²) in [6, 6.07) is 3.74. The van der Waals surface area contributed by atoms with Crippen LogP contribution in [0, 0.1) is 0 Å². The first-order valence-electron chi connectivity index (χ1n) is 5.45. The van der Waals surface area contributed by atoms with Crippen LogP contribution in [0.5, 0.6) is 0 Å². The summed E-state index contributed by atoms with van der Waals surface area (Å²) in [5.41, 5.74) is 3.22. The Morgan fingerprint density at radius 1 is 1.12 bits per heavy atom. The van der Waals surface area contributed by atoms with Crippen molar-refractivity contribution in [2.75, 3.05) is 0 Å². The van der Waals surface area contributed by atoms with Gasteiger partial charge in [0.25, 0.3) is 0 Å². The van der Waals surface area contributed by atoms with E-state index in [-0.39, 0.29) is 11.6 Å². The molecule has 2 rings (SSSR count). The minimum Gasteiger partial charge on any atom is -0.294 e. The Hall–Kier alpha value is -1.70. The second-order valence-electron chi connectivity index (χ2n) is 4.11. The summed E-state index contributed by atoms with van der Waals surface area (Å²) >= 11 is 0. The summed E-state index contributed by atoms with van der Waals surface area (Å²) in [5, 5.41) is 0. The van der Waals surface area contributed by atoms with Crippen LogP contribution in [0.25, 0.3) is 6.08 Å². The van der Waals surface area contributed by atoms with Gasteiger partial charge in [0, 0.05) is 11.1 Å². The monoisotopic (exact) mass is 214 g/mol. The molecule has 1 aliphatic rings. The third-order valence-electron chi connectivity index (χ3n) is 2.93. The lowest BCUT2D eigenvalue weighted by Crippen LogP contribution is -2.10.